The van der Waals surface area contributed by atoms with Crippen LogP contribution >= 0.6 is 0 Å². The van der Waals surface area contributed by atoms with Gasteiger partial charge in [-0.3, -0.25) is 19.4 Å². The van der Waals surface area contributed by atoms with Gasteiger partial charge in [-0.1, -0.05) is 0 Å². The Hall–Kier alpha value is -3.52. The van der Waals surface area contributed by atoms with Crippen LogP contribution in [-0.4, -0.2) is 37.1 Å². The smallest absolute Gasteiger partial charge is 0.255 e. The molecule has 0 aliphatic carbocycles. The van der Waals surface area contributed by atoms with Gasteiger partial charge in [-0.05, 0) is 43.7 Å². The highest BCUT2D eigenvalue weighted by atomic mass is 16.3. The molecule has 0 fully saturated rings. The first-order valence-corrected chi connectivity index (χ1v) is 9.43. The van der Waals surface area contributed by atoms with Crippen molar-refractivity contribution < 1.29 is 9.21 Å². The average molecular weight is 388 g/mol. The molecule has 3 aromatic heterocycles. The van der Waals surface area contributed by atoms with Crippen LogP contribution in [0.2, 0.25) is 0 Å². The van der Waals surface area contributed by atoms with Crippen LogP contribution in [0.4, 0.5) is 0 Å². The fourth-order valence-corrected chi connectivity index (χ4v) is 3.95. The summed E-state index contributed by atoms with van der Waals surface area (Å²) >= 11 is 0. The number of hydrogen-bond acceptors (Lipinski definition) is 6. The molecule has 0 saturated carbocycles. The molecule has 8 heteroatoms. The molecule has 0 radical (unpaired) electrons. The highest BCUT2D eigenvalue weighted by Gasteiger charge is 2.34. The van der Waals surface area contributed by atoms with Crippen molar-refractivity contribution in [3.05, 3.63) is 65.3 Å². The van der Waals surface area contributed by atoms with Crippen LogP contribution in [0, 0.1) is 6.92 Å². The molecule has 0 unspecified atom stereocenters. The lowest BCUT2D eigenvalue weighted by Gasteiger charge is -2.32. The van der Waals surface area contributed by atoms with Gasteiger partial charge < -0.3 is 15.1 Å². The Labute approximate surface area is 167 Å². The number of carbonyl (C=O) groups is 1. The molecule has 1 atom stereocenters. The van der Waals surface area contributed by atoms with E-state index in [0.29, 0.717) is 29.7 Å². The number of aromatic nitrogens is 4. The number of hydrogen-bond donors (Lipinski definition) is 1. The summed E-state index contributed by atoms with van der Waals surface area (Å²) in [5, 5.41) is 4.61. The van der Waals surface area contributed by atoms with Gasteiger partial charge in [0, 0.05) is 37.1 Å². The molecule has 5 rings (SSSR count). The maximum absolute atomic E-state index is 13.2. The van der Waals surface area contributed by atoms with Gasteiger partial charge in [0.25, 0.3) is 5.91 Å². The molecule has 1 amide bonds. The lowest BCUT2D eigenvalue weighted by molar-refractivity contribution is 0.0662. The topological polar surface area (TPSA) is 103 Å². The van der Waals surface area contributed by atoms with Crippen molar-refractivity contribution in [1.82, 2.24) is 24.6 Å². The zero-order valence-corrected chi connectivity index (χ0v) is 16.2. The van der Waals surface area contributed by atoms with Crippen LogP contribution in [0.25, 0.3) is 22.5 Å². The van der Waals surface area contributed by atoms with E-state index >= 15 is 0 Å². The molecule has 0 bridgehead atoms. The second kappa shape index (κ2) is 6.52. The van der Waals surface area contributed by atoms with Gasteiger partial charge in [0.1, 0.15) is 23.3 Å². The first-order chi connectivity index (χ1) is 14.0. The molecule has 1 aromatic carbocycles. The minimum Gasteiger partial charge on any atom is -0.460 e. The molecule has 8 nitrogen and oxygen atoms in total. The summed E-state index contributed by atoms with van der Waals surface area (Å²) in [6.07, 6.45) is 3.28. The highest BCUT2D eigenvalue weighted by molar-refractivity contribution is 5.97. The van der Waals surface area contributed by atoms with Crippen LogP contribution in [-0.2, 0) is 13.5 Å². The number of rotatable bonds is 2. The second-order valence-corrected chi connectivity index (χ2v) is 7.20. The predicted octanol–water partition coefficient (Wildman–Crippen LogP) is 2.59. The minimum atomic E-state index is -0.625. The van der Waals surface area contributed by atoms with Crippen LogP contribution in [0.5, 0.6) is 0 Å². The van der Waals surface area contributed by atoms with Crippen LogP contribution in [0.3, 0.4) is 0 Å². The maximum Gasteiger partial charge on any atom is 0.255 e. The Kier molecular flexibility index (Phi) is 3.95. The molecule has 2 N–H and O–H groups in total. The van der Waals surface area contributed by atoms with Gasteiger partial charge in [0.05, 0.1) is 11.0 Å². The van der Waals surface area contributed by atoms with Crippen molar-refractivity contribution in [1.29, 1.82) is 0 Å². The van der Waals surface area contributed by atoms with Gasteiger partial charge in [0.2, 0.25) is 0 Å². The fraction of sp³-hybridized carbons (Fsp3) is 0.238. The van der Waals surface area contributed by atoms with Crippen LogP contribution < -0.4 is 5.73 Å². The highest BCUT2D eigenvalue weighted by Crippen LogP contribution is 2.34. The zero-order valence-electron chi connectivity index (χ0n) is 16.2. The Morgan fingerprint density at radius 1 is 1.17 bits per heavy atom. The Bertz CT molecular complexity index is 1240. The number of carbonyl (C=O) groups excluding carboxylic acids is 1. The molecule has 0 saturated heterocycles. The summed E-state index contributed by atoms with van der Waals surface area (Å²) < 4.78 is 7.58. The van der Waals surface area contributed by atoms with Gasteiger partial charge in [-0.2, -0.15) is 5.10 Å². The third-order valence-electron chi connectivity index (χ3n) is 5.35. The van der Waals surface area contributed by atoms with Gasteiger partial charge in [-0.25, -0.2) is 0 Å². The summed E-state index contributed by atoms with van der Waals surface area (Å²) in [5.41, 5.74) is 11.1. The Balaban J connectivity index is 1.49. The number of nitrogens with zero attached hydrogens (tertiary/aromatic N) is 5. The second-order valence-electron chi connectivity index (χ2n) is 7.20. The molecular weight excluding hydrogens is 368 g/mol. The first kappa shape index (κ1) is 17.6. The monoisotopic (exact) mass is 388 g/mol. The zero-order chi connectivity index (χ0) is 20.1. The lowest BCUT2D eigenvalue weighted by Crippen LogP contribution is -2.44. The largest absolute Gasteiger partial charge is 0.460 e. The molecule has 1 aliphatic rings. The quantitative estimate of drug-likeness (QED) is 0.566. The van der Waals surface area contributed by atoms with E-state index in [1.165, 1.54) is 0 Å². The van der Waals surface area contributed by atoms with Crippen LogP contribution in [0.15, 0.2) is 47.1 Å². The molecule has 4 heterocycles. The van der Waals surface area contributed by atoms with E-state index in [-0.39, 0.29) is 5.91 Å². The van der Waals surface area contributed by atoms with Gasteiger partial charge in [0.15, 0.2) is 5.76 Å². The SMILES string of the molecule is Cc1ccc(-c2c3c(nn2C)[C@H](N)N(C(=O)c2ccc4nccnc4c2)CC3)o1. The van der Waals surface area contributed by atoms with Crippen molar-refractivity contribution in [2.45, 2.75) is 19.5 Å². The van der Waals surface area contributed by atoms with Gasteiger partial charge >= 0.3 is 0 Å². The first-order valence-electron chi connectivity index (χ1n) is 9.43. The summed E-state index contributed by atoms with van der Waals surface area (Å²) in [4.78, 5) is 23.4. The average Bonchev–Trinajstić information content (AvgIpc) is 3.30. The number of nitrogens with two attached hydrogens (primary N) is 1. The number of amides is 1. The summed E-state index contributed by atoms with van der Waals surface area (Å²) in [6, 6.07) is 9.18. The third-order valence-corrected chi connectivity index (χ3v) is 5.35. The van der Waals surface area contributed by atoms with Crippen molar-refractivity contribution in [3.8, 4) is 11.5 Å². The van der Waals surface area contributed by atoms with E-state index in [0.717, 1.165) is 28.3 Å². The molecule has 29 heavy (non-hydrogen) atoms. The predicted molar refractivity (Wildman–Crippen MR) is 107 cm³/mol. The maximum atomic E-state index is 13.2. The lowest BCUT2D eigenvalue weighted by atomic mass is 10.00. The van der Waals surface area contributed by atoms with E-state index in [4.69, 9.17) is 10.2 Å². The van der Waals surface area contributed by atoms with Crippen molar-refractivity contribution in [2.75, 3.05) is 6.54 Å². The van der Waals surface area contributed by atoms with E-state index in [2.05, 4.69) is 15.1 Å². The van der Waals surface area contributed by atoms with Crippen molar-refractivity contribution in [2.24, 2.45) is 12.8 Å². The molecule has 146 valence electrons. The number of aryl methyl sites for hydroxylation is 2. The van der Waals surface area contributed by atoms with E-state index in [1.54, 1.807) is 40.2 Å². The Morgan fingerprint density at radius 3 is 2.72 bits per heavy atom. The summed E-state index contributed by atoms with van der Waals surface area (Å²) in [6.45, 7) is 2.41. The van der Waals surface area contributed by atoms with E-state index < -0.39 is 6.17 Å². The van der Waals surface area contributed by atoms with Crippen LogP contribution in [0.1, 0.15) is 33.5 Å². The fourth-order valence-electron chi connectivity index (χ4n) is 3.95. The third kappa shape index (κ3) is 2.80. The van der Waals surface area contributed by atoms with E-state index in [9.17, 15) is 4.79 Å². The van der Waals surface area contributed by atoms with E-state index in [1.807, 2.05) is 26.1 Å². The number of fused-ring (bicyclic) bond motifs is 2. The molecule has 1 aliphatic heterocycles. The normalized spacial score (nSPS) is 16.2. The summed E-state index contributed by atoms with van der Waals surface area (Å²) in [7, 11) is 1.87. The molecular formula is C21H20N6O2. The molecule has 4 aromatic rings. The van der Waals surface area contributed by atoms with Crippen molar-refractivity contribution in [3.63, 3.8) is 0 Å². The minimum absolute atomic E-state index is 0.142. The van der Waals surface area contributed by atoms with Gasteiger partial charge in [-0.15, -0.1) is 0 Å². The van der Waals surface area contributed by atoms with Crippen molar-refractivity contribution >= 4 is 16.9 Å². The standard InChI is InChI=1S/C21H20N6O2/c1-12-3-6-17(29-12)19-14-7-10-27(20(22)18(14)25-26(19)2)21(28)13-4-5-15-16(11-13)24-9-8-23-15/h3-6,8-9,11,20H,7,10,22H2,1-2H3/t20-/m1/s1. The summed E-state index contributed by atoms with van der Waals surface area (Å²) in [5.74, 6) is 1.46. The number of benzene rings is 1. The Morgan fingerprint density at radius 2 is 1.97 bits per heavy atom. The number of furan rings is 1. The molecule has 0 spiro atoms.